The van der Waals surface area contributed by atoms with E-state index in [1.807, 2.05) is 6.07 Å². The second kappa shape index (κ2) is 7.10. The average Bonchev–Trinajstić information content (AvgIpc) is 2.98. The third kappa shape index (κ3) is 4.53. The Kier molecular flexibility index (Phi) is 5.38. The summed E-state index contributed by atoms with van der Waals surface area (Å²) < 4.78 is 0. The van der Waals surface area contributed by atoms with Crippen LogP contribution in [0.3, 0.4) is 0 Å². The van der Waals surface area contributed by atoms with Crippen LogP contribution in [0.25, 0.3) is 0 Å². The van der Waals surface area contributed by atoms with Crippen LogP contribution in [0.2, 0.25) is 0 Å². The summed E-state index contributed by atoms with van der Waals surface area (Å²) in [4.78, 5) is 23.7. The zero-order valence-electron chi connectivity index (χ0n) is 13.8. The summed E-state index contributed by atoms with van der Waals surface area (Å²) in [5.41, 5.74) is 6.88. The summed E-state index contributed by atoms with van der Waals surface area (Å²) >= 11 is 0. The van der Waals surface area contributed by atoms with E-state index in [2.05, 4.69) is 36.9 Å². The fraction of sp³-hybridized carbons (Fsp3) is 0.529. The van der Waals surface area contributed by atoms with E-state index in [9.17, 15) is 14.7 Å². The first-order valence-corrected chi connectivity index (χ1v) is 7.85. The minimum absolute atomic E-state index is 0.0513. The molecule has 1 heterocycles. The number of hydrazine groups is 1. The van der Waals surface area contributed by atoms with Gasteiger partial charge in [0.15, 0.2) is 0 Å². The summed E-state index contributed by atoms with van der Waals surface area (Å²) in [7, 11) is 0. The van der Waals surface area contributed by atoms with E-state index in [0.717, 1.165) is 0 Å². The van der Waals surface area contributed by atoms with Gasteiger partial charge in [0.05, 0.1) is 5.92 Å². The van der Waals surface area contributed by atoms with Crippen LogP contribution in [0, 0.1) is 5.41 Å². The molecule has 1 saturated heterocycles. The Morgan fingerprint density at radius 1 is 1.26 bits per heavy atom. The van der Waals surface area contributed by atoms with Gasteiger partial charge in [-0.05, 0) is 17.4 Å². The Bertz CT molecular complexity index is 554. The maximum atomic E-state index is 12.3. The van der Waals surface area contributed by atoms with E-state index < -0.39 is 11.9 Å². The highest BCUT2D eigenvalue weighted by Gasteiger charge is 2.36. The molecule has 0 bridgehead atoms. The highest BCUT2D eigenvalue weighted by Crippen LogP contribution is 2.25. The van der Waals surface area contributed by atoms with Gasteiger partial charge in [-0.1, -0.05) is 51.1 Å². The van der Waals surface area contributed by atoms with Crippen LogP contribution in [0.4, 0.5) is 0 Å². The van der Waals surface area contributed by atoms with Crippen molar-refractivity contribution < 1.29 is 14.7 Å². The highest BCUT2D eigenvalue weighted by molar-refractivity contribution is 5.83. The molecule has 6 heteroatoms. The van der Waals surface area contributed by atoms with Gasteiger partial charge in [0.25, 0.3) is 0 Å². The number of hydrogen-bond donors (Lipinski definition) is 4. The molecule has 1 aromatic carbocycles. The van der Waals surface area contributed by atoms with Gasteiger partial charge in [-0.2, -0.15) is 0 Å². The molecule has 1 amide bonds. The molecule has 0 radical (unpaired) electrons. The van der Waals surface area contributed by atoms with Gasteiger partial charge in [0.1, 0.15) is 6.04 Å². The number of carbonyl (C=O) groups excluding carboxylic acids is 1. The van der Waals surface area contributed by atoms with Gasteiger partial charge in [0, 0.05) is 12.6 Å². The first kappa shape index (κ1) is 17.4. The molecule has 6 nitrogen and oxygen atoms in total. The number of carboxylic acids is 1. The first-order chi connectivity index (χ1) is 10.8. The van der Waals surface area contributed by atoms with Crippen LogP contribution in [-0.2, 0) is 9.59 Å². The predicted octanol–water partition coefficient (Wildman–Crippen LogP) is 1.25. The van der Waals surface area contributed by atoms with Crippen molar-refractivity contribution in [3.63, 3.8) is 0 Å². The van der Waals surface area contributed by atoms with Crippen LogP contribution in [0.15, 0.2) is 30.3 Å². The standard InChI is InChI=1S/C17H25N3O3/c1-17(2,3)14-9-13(19-20-14)15(21)18-10-12(16(22)23)11-7-5-4-6-8-11/h4-8,12-14,19-20H,9-10H2,1-3H3,(H,18,21)(H,22,23). The number of carbonyl (C=O) groups is 2. The number of amides is 1. The van der Waals surface area contributed by atoms with Gasteiger partial charge in [-0.25, -0.2) is 5.43 Å². The SMILES string of the molecule is CC(C)(C)C1CC(C(=O)NCC(C(=O)O)c2ccccc2)NN1. The second-order valence-corrected chi connectivity index (χ2v) is 7.04. The average molecular weight is 319 g/mol. The zero-order valence-corrected chi connectivity index (χ0v) is 13.8. The van der Waals surface area contributed by atoms with Crippen molar-refractivity contribution in [1.82, 2.24) is 16.2 Å². The number of benzene rings is 1. The molecule has 1 aliphatic rings. The first-order valence-electron chi connectivity index (χ1n) is 7.85. The van der Waals surface area contributed by atoms with Gasteiger partial charge >= 0.3 is 5.97 Å². The molecule has 2 rings (SSSR count). The number of aliphatic carboxylic acids is 1. The zero-order chi connectivity index (χ0) is 17.0. The molecule has 126 valence electrons. The van der Waals surface area contributed by atoms with Crippen LogP contribution in [-0.4, -0.2) is 35.6 Å². The summed E-state index contributed by atoms with van der Waals surface area (Å²) in [6, 6.07) is 8.80. The molecule has 1 aliphatic heterocycles. The van der Waals surface area contributed by atoms with Crippen molar-refractivity contribution in [3.8, 4) is 0 Å². The van der Waals surface area contributed by atoms with Crippen LogP contribution < -0.4 is 16.2 Å². The Hall–Kier alpha value is -1.92. The molecule has 0 aliphatic carbocycles. The fourth-order valence-corrected chi connectivity index (χ4v) is 2.66. The molecule has 3 unspecified atom stereocenters. The van der Waals surface area contributed by atoms with Crippen molar-refractivity contribution in [3.05, 3.63) is 35.9 Å². The largest absolute Gasteiger partial charge is 0.481 e. The Morgan fingerprint density at radius 2 is 1.91 bits per heavy atom. The molecule has 4 N–H and O–H groups in total. The Morgan fingerprint density at radius 3 is 2.43 bits per heavy atom. The molecule has 1 fully saturated rings. The lowest BCUT2D eigenvalue weighted by Crippen LogP contribution is -2.45. The topological polar surface area (TPSA) is 90.5 Å². The lowest BCUT2D eigenvalue weighted by atomic mass is 9.84. The smallest absolute Gasteiger partial charge is 0.312 e. The molecule has 0 spiro atoms. The Labute approximate surface area is 136 Å². The van der Waals surface area contributed by atoms with Crippen molar-refractivity contribution in [2.24, 2.45) is 5.41 Å². The van der Waals surface area contributed by atoms with Crippen molar-refractivity contribution in [1.29, 1.82) is 0 Å². The maximum Gasteiger partial charge on any atom is 0.312 e. The highest BCUT2D eigenvalue weighted by atomic mass is 16.4. The number of carboxylic acid groups (broad SMARTS) is 1. The summed E-state index contributed by atoms with van der Waals surface area (Å²) in [5, 5.41) is 12.1. The third-order valence-electron chi connectivity index (χ3n) is 4.25. The molecule has 23 heavy (non-hydrogen) atoms. The van der Waals surface area contributed by atoms with Gasteiger partial charge in [0.2, 0.25) is 5.91 Å². The van der Waals surface area contributed by atoms with E-state index in [-0.39, 0.29) is 30.0 Å². The minimum atomic E-state index is -0.943. The van der Waals surface area contributed by atoms with Gasteiger partial charge in [-0.15, -0.1) is 0 Å². The molecular weight excluding hydrogens is 294 g/mol. The quantitative estimate of drug-likeness (QED) is 0.656. The lowest BCUT2D eigenvalue weighted by Gasteiger charge is -2.25. The van der Waals surface area contributed by atoms with E-state index in [0.29, 0.717) is 12.0 Å². The molecule has 1 aromatic rings. The molecule has 3 atom stereocenters. The molecule has 0 saturated carbocycles. The van der Waals surface area contributed by atoms with Crippen LogP contribution in [0.5, 0.6) is 0 Å². The monoisotopic (exact) mass is 319 g/mol. The normalized spacial score (nSPS) is 22.6. The maximum absolute atomic E-state index is 12.3. The third-order valence-corrected chi connectivity index (χ3v) is 4.25. The number of nitrogens with one attached hydrogen (secondary N) is 3. The van der Waals surface area contributed by atoms with E-state index in [1.54, 1.807) is 24.3 Å². The summed E-state index contributed by atoms with van der Waals surface area (Å²) in [6.07, 6.45) is 0.679. The number of hydrogen-bond acceptors (Lipinski definition) is 4. The van der Waals surface area contributed by atoms with Crippen LogP contribution in [0.1, 0.15) is 38.7 Å². The molecule has 0 aromatic heterocycles. The van der Waals surface area contributed by atoms with Crippen LogP contribution >= 0.6 is 0 Å². The molecular formula is C17H25N3O3. The van der Waals surface area contributed by atoms with E-state index in [4.69, 9.17) is 0 Å². The fourth-order valence-electron chi connectivity index (χ4n) is 2.66. The second-order valence-electron chi connectivity index (χ2n) is 7.04. The summed E-state index contributed by atoms with van der Waals surface area (Å²) in [6.45, 7) is 6.42. The summed E-state index contributed by atoms with van der Waals surface area (Å²) in [5.74, 6) is -1.86. The van der Waals surface area contributed by atoms with Gasteiger partial charge < -0.3 is 10.4 Å². The Balaban J connectivity index is 1.92. The van der Waals surface area contributed by atoms with E-state index >= 15 is 0 Å². The van der Waals surface area contributed by atoms with Crippen molar-refractivity contribution in [2.45, 2.75) is 45.2 Å². The van der Waals surface area contributed by atoms with Crippen molar-refractivity contribution in [2.75, 3.05) is 6.54 Å². The van der Waals surface area contributed by atoms with Crippen molar-refractivity contribution >= 4 is 11.9 Å². The lowest BCUT2D eigenvalue weighted by molar-refractivity contribution is -0.138. The minimum Gasteiger partial charge on any atom is -0.481 e. The van der Waals surface area contributed by atoms with Gasteiger partial charge in [-0.3, -0.25) is 15.0 Å². The predicted molar refractivity (Wildman–Crippen MR) is 87.7 cm³/mol. The number of rotatable bonds is 5. The van der Waals surface area contributed by atoms with E-state index in [1.165, 1.54) is 0 Å².